The number of halogens is 1. The lowest BCUT2D eigenvalue weighted by atomic mass is 10.1. The Morgan fingerprint density at radius 2 is 1.69 bits per heavy atom. The van der Waals surface area contributed by atoms with Crippen LogP contribution in [0.15, 0.2) is 40.9 Å². The molecule has 0 unspecified atom stereocenters. The summed E-state index contributed by atoms with van der Waals surface area (Å²) >= 11 is 3.39. The summed E-state index contributed by atoms with van der Waals surface area (Å²) in [5, 5.41) is 2.91. The van der Waals surface area contributed by atoms with Crippen LogP contribution >= 0.6 is 15.9 Å². The monoisotopic (exact) mass is 484 g/mol. The standard InChI is InChI=1S/C20H25BrN2O5S/c1-6-29(25,26)23(3)17-12-19(28-5)18(27-4)11-16(17)20(24)22-13(2)14-7-9-15(21)10-8-14/h7-13H,6H2,1-5H3,(H,22,24)/t13-/m1/s1. The Morgan fingerprint density at radius 3 is 2.21 bits per heavy atom. The molecule has 0 radical (unpaired) electrons. The van der Waals surface area contributed by atoms with E-state index >= 15 is 0 Å². The number of ether oxygens (including phenoxy) is 2. The second-order valence-corrected chi connectivity index (χ2v) is 9.54. The topological polar surface area (TPSA) is 84.9 Å². The molecule has 1 atom stereocenters. The number of benzene rings is 2. The molecule has 0 aromatic heterocycles. The smallest absolute Gasteiger partial charge is 0.254 e. The van der Waals surface area contributed by atoms with Gasteiger partial charge in [0.1, 0.15) is 0 Å². The Hall–Kier alpha value is -2.26. The van der Waals surface area contributed by atoms with Gasteiger partial charge in [0, 0.05) is 17.6 Å². The molecule has 0 aliphatic rings. The van der Waals surface area contributed by atoms with Gasteiger partial charge in [-0.2, -0.15) is 0 Å². The maximum Gasteiger partial charge on any atom is 0.254 e. The lowest BCUT2D eigenvalue weighted by Crippen LogP contribution is -2.32. The van der Waals surface area contributed by atoms with E-state index in [1.807, 2.05) is 31.2 Å². The zero-order valence-electron chi connectivity index (χ0n) is 17.0. The third-order valence-electron chi connectivity index (χ3n) is 4.59. The molecule has 0 saturated carbocycles. The summed E-state index contributed by atoms with van der Waals surface area (Å²) in [6.45, 7) is 3.40. The third kappa shape index (κ3) is 5.22. The highest BCUT2D eigenvalue weighted by Crippen LogP contribution is 2.36. The van der Waals surface area contributed by atoms with Crippen LogP contribution in [-0.2, 0) is 10.0 Å². The van der Waals surface area contributed by atoms with Gasteiger partial charge in [-0.15, -0.1) is 0 Å². The van der Waals surface area contributed by atoms with Gasteiger partial charge in [-0.3, -0.25) is 9.10 Å². The predicted molar refractivity (Wildman–Crippen MR) is 117 cm³/mol. The van der Waals surface area contributed by atoms with Crippen LogP contribution in [-0.4, -0.2) is 41.3 Å². The molecule has 0 bridgehead atoms. The number of carbonyl (C=O) groups is 1. The highest BCUT2D eigenvalue weighted by molar-refractivity contribution is 9.10. The molecule has 0 aliphatic carbocycles. The van der Waals surface area contributed by atoms with E-state index in [0.717, 1.165) is 14.3 Å². The number of nitrogens with zero attached hydrogens (tertiary/aromatic N) is 1. The van der Waals surface area contributed by atoms with Gasteiger partial charge in [0.05, 0.1) is 37.3 Å². The van der Waals surface area contributed by atoms with Crippen LogP contribution in [0, 0.1) is 0 Å². The highest BCUT2D eigenvalue weighted by atomic mass is 79.9. The summed E-state index contributed by atoms with van der Waals surface area (Å²) in [5.74, 6) is 0.140. The summed E-state index contributed by atoms with van der Waals surface area (Å²) in [4.78, 5) is 13.1. The minimum atomic E-state index is -3.59. The number of amides is 1. The molecular formula is C20H25BrN2O5S. The van der Waals surface area contributed by atoms with Gasteiger partial charge < -0.3 is 14.8 Å². The van der Waals surface area contributed by atoms with E-state index in [2.05, 4.69) is 21.2 Å². The Bertz CT molecular complexity index is 977. The van der Waals surface area contributed by atoms with E-state index in [9.17, 15) is 13.2 Å². The molecule has 0 saturated heterocycles. The number of carbonyl (C=O) groups excluding carboxylic acids is 1. The van der Waals surface area contributed by atoms with Crippen LogP contribution in [0.5, 0.6) is 11.5 Å². The SMILES string of the molecule is CCS(=O)(=O)N(C)c1cc(OC)c(OC)cc1C(=O)N[C@H](C)c1ccc(Br)cc1. The first-order valence-corrected chi connectivity index (χ1v) is 11.3. The van der Waals surface area contributed by atoms with Crippen molar-refractivity contribution in [2.75, 3.05) is 31.3 Å². The summed E-state index contributed by atoms with van der Waals surface area (Å²) in [6, 6.07) is 10.3. The number of rotatable bonds is 8. The maximum atomic E-state index is 13.1. The van der Waals surface area contributed by atoms with Crippen molar-refractivity contribution in [1.29, 1.82) is 0 Å². The van der Waals surface area contributed by atoms with Crippen LogP contribution in [0.25, 0.3) is 0 Å². The lowest BCUT2D eigenvalue weighted by Gasteiger charge is -2.24. The van der Waals surface area contributed by atoms with Crippen molar-refractivity contribution in [2.45, 2.75) is 19.9 Å². The van der Waals surface area contributed by atoms with E-state index in [4.69, 9.17) is 9.47 Å². The molecule has 2 aromatic carbocycles. The second-order valence-electron chi connectivity index (χ2n) is 6.34. The van der Waals surface area contributed by atoms with Crippen molar-refractivity contribution >= 4 is 37.5 Å². The first-order chi connectivity index (χ1) is 13.6. The van der Waals surface area contributed by atoms with Gasteiger partial charge in [0.25, 0.3) is 5.91 Å². The minimum Gasteiger partial charge on any atom is -0.493 e. The molecule has 2 aromatic rings. The van der Waals surface area contributed by atoms with Gasteiger partial charge in [-0.1, -0.05) is 28.1 Å². The molecule has 0 heterocycles. The molecular weight excluding hydrogens is 460 g/mol. The van der Waals surface area contributed by atoms with Crippen molar-refractivity contribution in [3.8, 4) is 11.5 Å². The predicted octanol–water partition coefficient (Wildman–Crippen LogP) is 3.74. The van der Waals surface area contributed by atoms with Gasteiger partial charge in [-0.25, -0.2) is 8.42 Å². The Labute approximate surface area is 180 Å². The van der Waals surface area contributed by atoms with Gasteiger partial charge in [0.15, 0.2) is 11.5 Å². The maximum absolute atomic E-state index is 13.1. The number of methoxy groups -OCH3 is 2. The fraction of sp³-hybridized carbons (Fsp3) is 0.350. The molecule has 0 fully saturated rings. The van der Waals surface area contributed by atoms with E-state index in [1.165, 1.54) is 33.4 Å². The van der Waals surface area contributed by atoms with Crippen LogP contribution in [0.4, 0.5) is 5.69 Å². The quantitative estimate of drug-likeness (QED) is 0.616. The van der Waals surface area contributed by atoms with E-state index in [0.29, 0.717) is 11.5 Å². The van der Waals surface area contributed by atoms with E-state index < -0.39 is 15.9 Å². The Kier molecular flexibility index (Phi) is 7.54. The zero-order valence-corrected chi connectivity index (χ0v) is 19.4. The normalized spacial score (nSPS) is 12.2. The molecule has 2 rings (SSSR count). The van der Waals surface area contributed by atoms with Crippen molar-refractivity contribution in [3.63, 3.8) is 0 Å². The minimum absolute atomic E-state index is 0.103. The number of nitrogens with one attached hydrogen (secondary N) is 1. The molecule has 0 aliphatic heterocycles. The largest absolute Gasteiger partial charge is 0.493 e. The molecule has 0 spiro atoms. The first-order valence-electron chi connectivity index (χ1n) is 8.93. The van der Waals surface area contributed by atoms with Gasteiger partial charge >= 0.3 is 0 Å². The summed E-state index contributed by atoms with van der Waals surface area (Å²) in [7, 11) is 0.730. The second kappa shape index (κ2) is 9.49. The summed E-state index contributed by atoms with van der Waals surface area (Å²) in [6.07, 6.45) is 0. The van der Waals surface area contributed by atoms with E-state index in [-0.39, 0.29) is 23.0 Å². The number of sulfonamides is 1. The fourth-order valence-corrected chi connectivity index (χ4v) is 3.87. The van der Waals surface area contributed by atoms with Gasteiger partial charge in [0.2, 0.25) is 10.0 Å². The molecule has 9 heteroatoms. The molecule has 29 heavy (non-hydrogen) atoms. The third-order valence-corrected chi connectivity index (χ3v) is 6.87. The average Bonchev–Trinajstić information content (AvgIpc) is 2.72. The molecule has 158 valence electrons. The number of hydrogen-bond donors (Lipinski definition) is 1. The fourth-order valence-electron chi connectivity index (χ4n) is 2.76. The average molecular weight is 485 g/mol. The Morgan fingerprint density at radius 1 is 1.14 bits per heavy atom. The van der Waals surface area contributed by atoms with Crippen LogP contribution < -0.4 is 19.1 Å². The summed E-state index contributed by atoms with van der Waals surface area (Å²) < 4.78 is 37.5. The van der Waals surface area contributed by atoms with Crippen molar-refractivity contribution in [2.24, 2.45) is 0 Å². The molecule has 1 N–H and O–H groups in total. The number of anilines is 1. The van der Waals surface area contributed by atoms with Crippen molar-refractivity contribution in [1.82, 2.24) is 5.32 Å². The van der Waals surface area contributed by atoms with Crippen LogP contribution in [0.2, 0.25) is 0 Å². The summed E-state index contributed by atoms with van der Waals surface area (Å²) in [5.41, 5.74) is 1.30. The van der Waals surface area contributed by atoms with Crippen LogP contribution in [0.3, 0.4) is 0 Å². The lowest BCUT2D eigenvalue weighted by molar-refractivity contribution is 0.0940. The highest BCUT2D eigenvalue weighted by Gasteiger charge is 2.25. The van der Waals surface area contributed by atoms with Crippen LogP contribution in [0.1, 0.15) is 35.8 Å². The van der Waals surface area contributed by atoms with Crippen molar-refractivity contribution in [3.05, 3.63) is 52.0 Å². The Balaban J connectivity index is 2.48. The first kappa shape index (κ1) is 23.0. The van der Waals surface area contributed by atoms with Gasteiger partial charge in [-0.05, 0) is 37.6 Å². The number of hydrogen-bond acceptors (Lipinski definition) is 5. The van der Waals surface area contributed by atoms with E-state index in [1.54, 1.807) is 6.92 Å². The van der Waals surface area contributed by atoms with Crippen molar-refractivity contribution < 1.29 is 22.7 Å². The molecule has 1 amide bonds. The zero-order chi connectivity index (χ0) is 21.8. The molecule has 7 nitrogen and oxygen atoms in total.